The summed E-state index contributed by atoms with van der Waals surface area (Å²) in [6.07, 6.45) is 2.46. The summed E-state index contributed by atoms with van der Waals surface area (Å²) in [6, 6.07) is 5.13. The first kappa shape index (κ1) is 10.5. The highest BCUT2D eigenvalue weighted by Crippen LogP contribution is 2.31. The van der Waals surface area contributed by atoms with Crippen molar-refractivity contribution >= 4 is 17.4 Å². The third kappa shape index (κ3) is 2.72. The van der Waals surface area contributed by atoms with Crippen LogP contribution in [0.25, 0.3) is 0 Å². The van der Waals surface area contributed by atoms with Crippen molar-refractivity contribution in [2.45, 2.75) is 19.8 Å². The number of hydrogen-bond acceptors (Lipinski definition) is 2. The van der Waals surface area contributed by atoms with Gasteiger partial charge in [0.2, 0.25) is 0 Å². The van der Waals surface area contributed by atoms with Gasteiger partial charge >= 0.3 is 0 Å². The Kier molecular flexibility index (Phi) is 2.96. The van der Waals surface area contributed by atoms with Gasteiger partial charge in [0.25, 0.3) is 0 Å². The van der Waals surface area contributed by atoms with Crippen molar-refractivity contribution in [3.05, 3.63) is 28.8 Å². The number of rotatable bonds is 4. The van der Waals surface area contributed by atoms with Crippen LogP contribution in [0.2, 0.25) is 5.02 Å². The van der Waals surface area contributed by atoms with Crippen LogP contribution in [0.5, 0.6) is 5.75 Å². The van der Waals surface area contributed by atoms with E-state index in [-0.39, 0.29) is 5.78 Å². The normalized spacial score (nSPS) is 15.1. The molecule has 0 radical (unpaired) electrons. The van der Waals surface area contributed by atoms with E-state index in [1.807, 2.05) is 0 Å². The van der Waals surface area contributed by atoms with Crippen molar-refractivity contribution in [1.82, 2.24) is 0 Å². The van der Waals surface area contributed by atoms with Crippen LogP contribution >= 0.6 is 11.6 Å². The SMILES string of the molecule is CC(=O)c1ccc(Cl)cc1OCC1CC1. The summed E-state index contributed by atoms with van der Waals surface area (Å²) in [7, 11) is 0. The van der Waals surface area contributed by atoms with E-state index in [0.29, 0.717) is 28.9 Å². The maximum Gasteiger partial charge on any atom is 0.163 e. The Bertz CT molecular complexity index is 383. The second-order valence-electron chi connectivity index (χ2n) is 3.95. The van der Waals surface area contributed by atoms with Crippen molar-refractivity contribution in [3.8, 4) is 5.75 Å². The van der Waals surface area contributed by atoms with Crippen LogP contribution in [0.15, 0.2) is 18.2 Å². The van der Waals surface area contributed by atoms with Crippen LogP contribution < -0.4 is 4.74 Å². The van der Waals surface area contributed by atoms with Crippen molar-refractivity contribution in [3.63, 3.8) is 0 Å². The quantitative estimate of drug-likeness (QED) is 0.734. The molecule has 0 heterocycles. The molecule has 0 unspecified atom stereocenters. The smallest absolute Gasteiger partial charge is 0.163 e. The fourth-order valence-electron chi connectivity index (χ4n) is 1.40. The number of Topliss-reactive ketones (excluding diaryl/α,β-unsaturated/α-hetero) is 1. The summed E-state index contributed by atoms with van der Waals surface area (Å²) in [5.74, 6) is 1.29. The molecule has 1 aliphatic carbocycles. The van der Waals surface area contributed by atoms with Crippen LogP contribution in [0, 0.1) is 5.92 Å². The van der Waals surface area contributed by atoms with Gasteiger partial charge in [0.1, 0.15) is 5.75 Å². The Morgan fingerprint density at radius 1 is 1.53 bits per heavy atom. The average molecular weight is 225 g/mol. The van der Waals surface area contributed by atoms with Crippen molar-refractivity contribution in [2.24, 2.45) is 5.92 Å². The van der Waals surface area contributed by atoms with Crippen LogP contribution in [0.1, 0.15) is 30.1 Å². The van der Waals surface area contributed by atoms with E-state index < -0.39 is 0 Å². The van der Waals surface area contributed by atoms with Gasteiger partial charge in [-0.3, -0.25) is 4.79 Å². The molecule has 0 N–H and O–H groups in total. The lowest BCUT2D eigenvalue weighted by Crippen LogP contribution is -2.04. The molecule has 1 saturated carbocycles. The highest BCUT2D eigenvalue weighted by atomic mass is 35.5. The fourth-order valence-corrected chi connectivity index (χ4v) is 1.56. The number of carbonyl (C=O) groups is 1. The van der Waals surface area contributed by atoms with Crippen LogP contribution in [-0.4, -0.2) is 12.4 Å². The molecule has 0 atom stereocenters. The molecule has 0 saturated heterocycles. The monoisotopic (exact) mass is 224 g/mol. The molecule has 1 aromatic carbocycles. The fraction of sp³-hybridized carbons (Fsp3) is 0.417. The van der Waals surface area contributed by atoms with E-state index in [9.17, 15) is 4.79 Å². The molecule has 1 fully saturated rings. The number of halogens is 1. The first-order chi connectivity index (χ1) is 7.16. The minimum atomic E-state index is 0.0115. The van der Waals surface area contributed by atoms with E-state index in [1.165, 1.54) is 19.8 Å². The van der Waals surface area contributed by atoms with Gasteiger partial charge in [-0.05, 0) is 43.9 Å². The van der Waals surface area contributed by atoms with Crippen molar-refractivity contribution in [1.29, 1.82) is 0 Å². The Balaban J connectivity index is 2.16. The number of carbonyl (C=O) groups excluding carboxylic acids is 1. The van der Waals surface area contributed by atoms with Gasteiger partial charge in [0.15, 0.2) is 5.78 Å². The van der Waals surface area contributed by atoms with Gasteiger partial charge in [-0.15, -0.1) is 0 Å². The molecule has 0 aliphatic heterocycles. The lowest BCUT2D eigenvalue weighted by molar-refractivity contribution is 0.101. The first-order valence-electron chi connectivity index (χ1n) is 5.10. The van der Waals surface area contributed by atoms with Crippen LogP contribution in [0.3, 0.4) is 0 Å². The lowest BCUT2D eigenvalue weighted by Gasteiger charge is -2.09. The Labute approximate surface area is 94.2 Å². The van der Waals surface area contributed by atoms with E-state index in [0.717, 1.165) is 0 Å². The molecule has 0 spiro atoms. The summed E-state index contributed by atoms with van der Waals surface area (Å²) >= 11 is 5.86. The highest BCUT2D eigenvalue weighted by molar-refractivity contribution is 6.30. The predicted molar refractivity (Wildman–Crippen MR) is 59.7 cm³/mol. The Morgan fingerprint density at radius 3 is 2.87 bits per heavy atom. The zero-order valence-corrected chi connectivity index (χ0v) is 9.38. The molecule has 3 heteroatoms. The molecule has 0 amide bonds. The largest absolute Gasteiger partial charge is 0.492 e. The number of ether oxygens (including phenoxy) is 1. The first-order valence-corrected chi connectivity index (χ1v) is 5.48. The summed E-state index contributed by atoms with van der Waals surface area (Å²) in [4.78, 5) is 11.3. The van der Waals surface area contributed by atoms with Crippen molar-refractivity contribution in [2.75, 3.05) is 6.61 Å². The predicted octanol–water partition coefficient (Wildman–Crippen LogP) is 3.33. The Morgan fingerprint density at radius 2 is 2.27 bits per heavy atom. The molecule has 15 heavy (non-hydrogen) atoms. The molecule has 1 aliphatic rings. The third-order valence-corrected chi connectivity index (χ3v) is 2.73. The standard InChI is InChI=1S/C12H13ClO2/c1-8(14)11-5-4-10(13)6-12(11)15-7-9-2-3-9/h4-6,9H,2-3,7H2,1H3. The summed E-state index contributed by atoms with van der Waals surface area (Å²) < 4.78 is 5.60. The summed E-state index contributed by atoms with van der Waals surface area (Å²) in [5, 5.41) is 0.603. The molecule has 2 rings (SSSR count). The molecule has 0 bridgehead atoms. The van der Waals surface area contributed by atoms with Gasteiger partial charge in [-0.2, -0.15) is 0 Å². The van der Waals surface area contributed by atoms with Gasteiger partial charge in [0, 0.05) is 5.02 Å². The number of benzene rings is 1. The highest BCUT2D eigenvalue weighted by Gasteiger charge is 2.22. The van der Waals surface area contributed by atoms with Gasteiger partial charge < -0.3 is 4.74 Å². The average Bonchev–Trinajstić information content (AvgIpc) is 2.97. The third-order valence-electron chi connectivity index (χ3n) is 2.49. The topological polar surface area (TPSA) is 26.3 Å². The minimum Gasteiger partial charge on any atom is -0.492 e. The van der Waals surface area contributed by atoms with Gasteiger partial charge in [-0.1, -0.05) is 11.6 Å². The zero-order valence-electron chi connectivity index (χ0n) is 8.63. The van der Waals surface area contributed by atoms with Crippen molar-refractivity contribution < 1.29 is 9.53 Å². The molecule has 1 aromatic rings. The second-order valence-corrected chi connectivity index (χ2v) is 4.39. The molecular formula is C12H13ClO2. The van der Waals surface area contributed by atoms with Gasteiger partial charge in [0.05, 0.1) is 12.2 Å². The van der Waals surface area contributed by atoms with E-state index in [4.69, 9.17) is 16.3 Å². The molecule has 2 nitrogen and oxygen atoms in total. The summed E-state index contributed by atoms with van der Waals surface area (Å²) in [5.41, 5.74) is 0.611. The maximum atomic E-state index is 11.3. The minimum absolute atomic E-state index is 0.0115. The van der Waals surface area contributed by atoms with Crippen LogP contribution in [0.4, 0.5) is 0 Å². The molecular weight excluding hydrogens is 212 g/mol. The van der Waals surface area contributed by atoms with E-state index in [1.54, 1.807) is 18.2 Å². The zero-order chi connectivity index (χ0) is 10.8. The lowest BCUT2D eigenvalue weighted by atomic mass is 10.1. The van der Waals surface area contributed by atoms with Crippen LogP contribution in [-0.2, 0) is 0 Å². The number of hydrogen-bond donors (Lipinski definition) is 0. The molecule has 0 aromatic heterocycles. The van der Waals surface area contributed by atoms with Gasteiger partial charge in [-0.25, -0.2) is 0 Å². The summed E-state index contributed by atoms with van der Waals surface area (Å²) in [6.45, 7) is 2.23. The Hall–Kier alpha value is -1.02. The van der Waals surface area contributed by atoms with E-state index >= 15 is 0 Å². The molecule has 80 valence electrons. The van der Waals surface area contributed by atoms with E-state index in [2.05, 4.69) is 0 Å². The second kappa shape index (κ2) is 4.23. The number of ketones is 1. The maximum absolute atomic E-state index is 11.3.